The van der Waals surface area contributed by atoms with Gasteiger partial charge in [-0.2, -0.15) is 0 Å². The number of hydrogen-bond acceptors (Lipinski definition) is 1. The maximum Gasteiger partial charge on any atom is 0.0464 e. The molecule has 0 saturated carbocycles. The summed E-state index contributed by atoms with van der Waals surface area (Å²) >= 11 is 0. The van der Waals surface area contributed by atoms with Crippen LogP contribution in [0.5, 0.6) is 0 Å². The van der Waals surface area contributed by atoms with Gasteiger partial charge >= 0.3 is 0 Å². The van der Waals surface area contributed by atoms with Crippen LogP contribution in [0.1, 0.15) is 43.7 Å². The second-order valence-corrected chi connectivity index (χ2v) is 8.10. The van der Waals surface area contributed by atoms with Crippen LogP contribution >= 0.6 is 0 Å². The molecule has 0 heterocycles. The van der Waals surface area contributed by atoms with Gasteiger partial charge in [-0.3, -0.25) is 0 Å². The van der Waals surface area contributed by atoms with Gasteiger partial charge in [0.1, 0.15) is 0 Å². The van der Waals surface area contributed by atoms with Gasteiger partial charge in [0, 0.05) is 16.9 Å². The molecule has 1 aliphatic rings. The van der Waals surface area contributed by atoms with Crippen LogP contribution in [0, 0.1) is 0 Å². The van der Waals surface area contributed by atoms with Gasteiger partial charge in [0.2, 0.25) is 0 Å². The van der Waals surface area contributed by atoms with Crippen LogP contribution in [-0.4, -0.2) is 0 Å². The SMILES string of the molecule is C=C/C(=C\CCC)c1ccc(NC2=C(c3ccccc3)CCC=C2)c(-c2ccccc2)c1. The van der Waals surface area contributed by atoms with Crippen molar-refractivity contribution in [1.29, 1.82) is 0 Å². The van der Waals surface area contributed by atoms with Crippen molar-refractivity contribution in [2.45, 2.75) is 32.6 Å². The van der Waals surface area contributed by atoms with Crippen LogP contribution in [0.4, 0.5) is 5.69 Å². The van der Waals surface area contributed by atoms with Gasteiger partial charge in [0.15, 0.2) is 0 Å². The third-order valence-corrected chi connectivity index (χ3v) is 5.87. The molecule has 0 radical (unpaired) electrons. The zero-order valence-electron chi connectivity index (χ0n) is 18.9. The summed E-state index contributed by atoms with van der Waals surface area (Å²) in [6.45, 7) is 6.26. The van der Waals surface area contributed by atoms with Gasteiger partial charge in [-0.15, -0.1) is 0 Å². The van der Waals surface area contributed by atoms with E-state index in [1.807, 2.05) is 6.08 Å². The van der Waals surface area contributed by atoms with E-state index < -0.39 is 0 Å². The Morgan fingerprint density at radius 3 is 2.34 bits per heavy atom. The van der Waals surface area contributed by atoms with E-state index >= 15 is 0 Å². The molecule has 0 fully saturated rings. The molecule has 1 nitrogen and oxygen atoms in total. The Labute approximate surface area is 192 Å². The summed E-state index contributed by atoms with van der Waals surface area (Å²) in [7, 11) is 0. The second-order valence-electron chi connectivity index (χ2n) is 8.10. The van der Waals surface area contributed by atoms with Crippen molar-refractivity contribution in [3.8, 4) is 11.1 Å². The standard InChI is InChI=1S/C31H31N/c1-3-5-14-24(4-2)27-21-22-31(29(23-27)26-17-10-7-11-18-26)32-30-20-13-12-19-28(30)25-15-8-6-9-16-25/h4,6-11,13-18,20-23,32H,2-3,5,12,19H2,1H3/b24-14+. The lowest BCUT2D eigenvalue weighted by Gasteiger charge is -2.21. The quantitative estimate of drug-likeness (QED) is 0.361. The van der Waals surface area contributed by atoms with E-state index in [0.29, 0.717) is 0 Å². The number of rotatable bonds is 8. The molecule has 0 saturated heterocycles. The number of unbranched alkanes of at least 4 members (excludes halogenated alkanes) is 1. The van der Waals surface area contributed by atoms with Crippen LogP contribution in [0.3, 0.4) is 0 Å². The molecule has 4 rings (SSSR count). The van der Waals surface area contributed by atoms with Crippen molar-refractivity contribution in [3.63, 3.8) is 0 Å². The van der Waals surface area contributed by atoms with Gasteiger partial charge in [0.25, 0.3) is 0 Å². The number of nitrogens with one attached hydrogen (secondary N) is 1. The first-order valence-corrected chi connectivity index (χ1v) is 11.5. The summed E-state index contributed by atoms with van der Waals surface area (Å²) in [6.07, 6.45) is 13.0. The highest BCUT2D eigenvalue weighted by molar-refractivity contribution is 5.86. The highest BCUT2D eigenvalue weighted by Gasteiger charge is 2.14. The number of benzene rings is 3. The fourth-order valence-corrected chi connectivity index (χ4v) is 4.17. The molecular weight excluding hydrogens is 386 g/mol. The Bertz CT molecular complexity index is 1150. The molecule has 0 bridgehead atoms. The van der Waals surface area contributed by atoms with Crippen LogP contribution in [0.2, 0.25) is 0 Å². The summed E-state index contributed by atoms with van der Waals surface area (Å²) in [5.74, 6) is 0. The van der Waals surface area contributed by atoms with Crippen LogP contribution in [-0.2, 0) is 0 Å². The fraction of sp³-hybridized carbons (Fsp3) is 0.161. The summed E-state index contributed by atoms with van der Waals surface area (Å²) < 4.78 is 0. The molecule has 3 aromatic carbocycles. The minimum absolute atomic E-state index is 1.04. The minimum atomic E-state index is 1.04. The molecular formula is C31H31N. The molecule has 0 atom stereocenters. The maximum atomic E-state index is 4.05. The Morgan fingerprint density at radius 1 is 0.938 bits per heavy atom. The highest BCUT2D eigenvalue weighted by atomic mass is 14.9. The zero-order chi connectivity index (χ0) is 22.2. The van der Waals surface area contributed by atoms with Crippen LogP contribution in [0.25, 0.3) is 22.3 Å². The van der Waals surface area contributed by atoms with E-state index in [-0.39, 0.29) is 0 Å². The van der Waals surface area contributed by atoms with E-state index in [4.69, 9.17) is 0 Å². The summed E-state index contributed by atoms with van der Waals surface area (Å²) in [6, 6.07) is 28.0. The van der Waals surface area contributed by atoms with Crippen molar-refractivity contribution in [3.05, 3.63) is 127 Å². The molecule has 0 aliphatic heterocycles. The van der Waals surface area contributed by atoms with Gasteiger partial charge in [-0.1, -0.05) is 105 Å². The number of allylic oxidation sites excluding steroid dienone is 6. The van der Waals surface area contributed by atoms with Gasteiger partial charge in [0.05, 0.1) is 0 Å². The van der Waals surface area contributed by atoms with Crippen molar-refractivity contribution in [2.75, 3.05) is 5.32 Å². The molecule has 32 heavy (non-hydrogen) atoms. The molecule has 0 aromatic heterocycles. The van der Waals surface area contributed by atoms with E-state index in [9.17, 15) is 0 Å². The molecule has 0 unspecified atom stereocenters. The first kappa shape index (κ1) is 21.6. The predicted molar refractivity (Wildman–Crippen MR) is 140 cm³/mol. The molecule has 160 valence electrons. The topological polar surface area (TPSA) is 12.0 Å². The average molecular weight is 418 g/mol. The predicted octanol–water partition coefficient (Wildman–Crippen LogP) is 8.90. The highest BCUT2D eigenvalue weighted by Crippen LogP contribution is 2.35. The van der Waals surface area contributed by atoms with E-state index in [0.717, 1.165) is 31.4 Å². The van der Waals surface area contributed by atoms with E-state index in [1.54, 1.807) is 0 Å². The first-order valence-electron chi connectivity index (χ1n) is 11.5. The largest absolute Gasteiger partial charge is 0.355 e. The molecule has 1 N–H and O–H groups in total. The maximum absolute atomic E-state index is 4.05. The van der Waals surface area contributed by atoms with E-state index in [1.165, 1.54) is 39.1 Å². The average Bonchev–Trinajstić information content (AvgIpc) is 2.86. The minimum Gasteiger partial charge on any atom is -0.355 e. The Hall–Kier alpha value is -3.58. The van der Waals surface area contributed by atoms with Crippen molar-refractivity contribution in [2.24, 2.45) is 0 Å². The Balaban J connectivity index is 1.79. The Kier molecular flexibility index (Phi) is 7.19. The number of anilines is 1. The fourth-order valence-electron chi connectivity index (χ4n) is 4.17. The first-order chi connectivity index (χ1) is 15.8. The molecule has 0 amide bonds. The summed E-state index contributed by atoms with van der Waals surface area (Å²) in [5.41, 5.74) is 9.75. The normalized spacial score (nSPS) is 13.8. The number of hydrogen-bond donors (Lipinski definition) is 1. The summed E-state index contributed by atoms with van der Waals surface area (Å²) in [4.78, 5) is 0. The molecule has 1 aliphatic carbocycles. The molecule has 1 heteroatoms. The van der Waals surface area contributed by atoms with Gasteiger partial charge in [-0.05, 0) is 65.3 Å². The Morgan fingerprint density at radius 2 is 1.66 bits per heavy atom. The van der Waals surface area contributed by atoms with Crippen molar-refractivity contribution >= 4 is 16.8 Å². The lowest BCUT2D eigenvalue weighted by Crippen LogP contribution is -2.05. The molecule has 3 aromatic rings. The monoisotopic (exact) mass is 417 g/mol. The van der Waals surface area contributed by atoms with Gasteiger partial charge in [-0.25, -0.2) is 0 Å². The summed E-state index contributed by atoms with van der Waals surface area (Å²) in [5, 5.41) is 3.77. The lowest BCUT2D eigenvalue weighted by molar-refractivity contribution is 0.960. The smallest absolute Gasteiger partial charge is 0.0464 e. The zero-order valence-corrected chi connectivity index (χ0v) is 18.9. The third-order valence-electron chi connectivity index (χ3n) is 5.87. The second kappa shape index (κ2) is 10.6. The van der Waals surface area contributed by atoms with E-state index in [2.05, 4.69) is 116 Å². The van der Waals surface area contributed by atoms with Crippen molar-refractivity contribution < 1.29 is 0 Å². The van der Waals surface area contributed by atoms with Gasteiger partial charge < -0.3 is 5.32 Å². The van der Waals surface area contributed by atoms with Crippen molar-refractivity contribution in [1.82, 2.24) is 0 Å². The third kappa shape index (κ3) is 5.00. The molecule has 0 spiro atoms. The lowest BCUT2D eigenvalue weighted by atomic mass is 9.93. The van der Waals surface area contributed by atoms with Crippen LogP contribution < -0.4 is 5.32 Å². The van der Waals surface area contributed by atoms with Crippen LogP contribution in [0.15, 0.2) is 115 Å².